The molecule has 128 valence electrons. The maximum absolute atomic E-state index is 14.3. The van der Waals surface area contributed by atoms with E-state index in [1.54, 1.807) is 0 Å². The lowest BCUT2D eigenvalue weighted by molar-refractivity contribution is 0.0717. The van der Waals surface area contributed by atoms with Crippen molar-refractivity contribution in [2.75, 3.05) is 13.6 Å². The first-order chi connectivity index (χ1) is 10.8. The van der Waals surface area contributed by atoms with Crippen LogP contribution >= 0.6 is 0 Å². The fourth-order valence-corrected chi connectivity index (χ4v) is 5.86. The number of rotatable bonds is 5. The molecule has 6 atom stereocenters. The van der Waals surface area contributed by atoms with Gasteiger partial charge < -0.3 is 5.32 Å². The van der Waals surface area contributed by atoms with Crippen LogP contribution in [-0.4, -0.2) is 19.8 Å². The Morgan fingerprint density at radius 2 is 1.64 bits per heavy atom. The SMILES string of the molecule is CNCC(CC1CCCCC1F)C1CCC2CCCCC2C1. The molecule has 1 N–H and O–H groups in total. The second-order valence-electron chi connectivity index (χ2n) is 8.49. The van der Waals surface area contributed by atoms with Crippen molar-refractivity contribution in [3.05, 3.63) is 0 Å². The molecule has 0 aromatic heterocycles. The first kappa shape index (κ1) is 16.7. The summed E-state index contributed by atoms with van der Waals surface area (Å²) in [6.45, 7) is 1.10. The minimum atomic E-state index is -0.515. The van der Waals surface area contributed by atoms with E-state index in [2.05, 4.69) is 12.4 Å². The molecule has 0 bridgehead atoms. The van der Waals surface area contributed by atoms with Crippen LogP contribution < -0.4 is 5.32 Å². The summed E-state index contributed by atoms with van der Waals surface area (Å²) in [5.41, 5.74) is 0. The molecule has 0 aromatic carbocycles. The molecule has 0 amide bonds. The van der Waals surface area contributed by atoms with Crippen molar-refractivity contribution in [2.45, 2.75) is 83.2 Å². The minimum Gasteiger partial charge on any atom is -0.319 e. The molecule has 3 aliphatic carbocycles. The van der Waals surface area contributed by atoms with Crippen LogP contribution in [0.5, 0.6) is 0 Å². The Balaban J connectivity index is 1.58. The highest BCUT2D eigenvalue weighted by atomic mass is 19.1. The highest BCUT2D eigenvalue weighted by Crippen LogP contribution is 2.46. The normalized spacial score (nSPS) is 40.9. The summed E-state index contributed by atoms with van der Waals surface area (Å²) in [7, 11) is 2.08. The Bertz CT molecular complexity index is 332. The molecule has 0 aliphatic heterocycles. The van der Waals surface area contributed by atoms with Crippen LogP contribution in [0.25, 0.3) is 0 Å². The molecule has 6 unspecified atom stereocenters. The Morgan fingerprint density at radius 1 is 0.909 bits per heavy atom. The van der Waals surface area contributed by atoms with Crippen molar-refractivity contribution < 1.29 is 4.39 Å². The smallest absolute Gasteiger partial charge is 0.103 e. The molecule has 1 nitrogen and oxygen atoms in total. The van der Waals surface area contributed by atoms with Gasteiger partial charge in [0.1, 0.15) is 6.17 Å². The molecule has 0 saturated heterocycles. The molecule has 2 heteroatoms. The first-order valence-electron chi connectivity index (χ1n) is 10.1. The number of halogens is 1. The van der Waals surface area contributed by atoms with Crippen LogP contribution in [0.4, 0.5) is 4.39 Å². The third-order valence-corrected chi connectivity index (χ3v) is 7.14. The predicted octanol–water partition coefficient (Wildman–Crippen LogP) is 5.35. The number of fused-ring (bicyclic) bond motifs is 1. The number of hydrogen-bond acceptors (Lipinski definition) is 1. The van der Waals surface area contributed by atoms with Gasteiger partial charge in [-0.25, -0.2) is 4.39 Å². The van der Waals surface area contributed by atoms with Crippen LogP contribution in [0.3, 0.4) is 0 Å². The zero-order chi connectivity index (χ0) is 15.4. The Kier molecular flexibility index (Phi) is 6.18. The van der Waals surface area contributed by atoms with Gasteiger partial charge in [-0.2, -0.15) is 0 Å². The number of alkyl halides is 1. The van der Waals surface area contributed by atoms with Gasteiger partial charge in [-0.05, 0) is 81.7 Å². The Morgan fingerprint density at radius 3 is 2.41 bits per heavy atom. The van der Waals surface area contributed by atoms with Gasteiger partial charge >= 0.3 is 0 Å². The molecule has 22 heavy (non-hydrogen) atoms. The maximum Gasteiger partial charge on any atom is 0.103 e. The third kappa shape index (κ3) is 4.04. The molecule has 3 rings (SSSR count). The number of hydrogen-bond donors (Lipinski definition) is 1. The minimum absolute atomic E-state index is 0.358. The van der Waals surface area contributed by atoms with Crippen molar-refractivity contribution in [3.63, 3.8) is 0 Å². The van der Waals surface area contributed by atoms with Crippen molar-refractivity contribution >= 4 is 0 Å². The standard InChI is InChI=1S/C20H36FN/c1-22-14-19(13-18-8-4-5-9-20(18)21)17-11-10-15-6-2-3-7-16(15)12-17/h15-20,22H,2-14H2,1H3. The summed E-state index contributed by atoms with van der Waals surface area (Å²) in [5.74, 6) is 3.97. The molecule has 3 aliphatic rings. The van der Waals surface area contributed by atoms with E-state index in [-0.39, 0.29) is 0 Å². The molecule has 3 fully saturated rings. The second kappa shape index (κ2) is 8.13. The highest BCUT2D eigenvalue weighted by Gasteiger charge is 2.37. The van der Waals surface area contributed by atoms with Gasteiger partial charge in [0.05, 0.1) is 0 Å². The van der Waals surface area contributed by atoms with Gasteiger partial charge in [0.25, 0.3) is 0 Å². The fourth-order valence-electron chi connectivity index (χ4n) is 5.86. The van der Waals surface area contributed by atoms with Crippen LogP contribution in [-0.2, 0) is 0 Å². The molecule has 3 saturated carbocycles. The fraction of sp³-hybridized carbons (Fsp3) is 1.00. The molecular weight excluding hydrogens is 273 g/mol. The Labute approximate surface area is 136 Å². The van der Waals surface area contributed by atoms with Crippen molar-refractivity contribution in [1.82, 2.24) is 5.32 Å². The molecule has 0 spiro atoms. The molecule has 0 aromatic rings. The van der Waals surface area contributed by atoms with E-state index >= 15 is 0 Å². The van der Waals surface area contributed by atoms with E-state index in [1.165, 1.54) is 51.4 Å². The van der Waals surface area contributed by atoms with Crippen molar-refractivity contribution in [1.29, 1.82) is 0 Å². The highest BCUT2D eigenvalue weighted by molar-refractivity contribution is 4.88. The van der Waals surface area contributed by atoms with E-state index in [4.69, 9.17) is 0 Å². The zero-order valence-electron chi connectivity index (χ0n) is 14.5. The molecule has 0 radical (unpaired) electrons. The van der Waals surface area contributed by atoms with Crippen LogP contribution in [0.1, 0.15) is 77.0 Å². The summed E-state index contributed by atoms with van der Waals surface area (Å²) >= 11 is 0. The molecule has 0 heterocycles. The van der Waals surface area contributed by atoms with Gasteiger partial charge in [0.15, 0.2) is 0 Å². The average molecular weight is 310 g/mol. The molecular formula is C20H36FN. The third-order valence-electron chi connectivity index (χ3n) is 7.14. The van der Waals surface area contributed by atoms with E-state index < -0.39 is 6.17 Å². The first-order valence-corrected chi connectivity index (χ1v) is 10.1. The van der Waals surface area contributed by atoms with E-state index in [9.17, 15) is 4.39 Å². The summed E-state index contributed by atoms with van der Waals surface area (Å²) in [6, 6.07) is 0. The van der Waals surface area contributed by atoms with E-state index in [0.717, 1.165) is 50.0 Å². The van der Waals surface area contributed by atoms with Crippen molar-refractivity contribution in [2.24, 2.45) is 29.6 Å². The van der Waals surface area contributed by atoms with Gasteiger partial charge in [-0.1, -0.05) is 38.5 Å². The average Bonchev–Trinajstić information content (AvgIpc) is 2.56. The largest absolute Gasteiger partial charge is 0.319 e. The number of nitrogens with one attached hydrogen (secondary N) is 1. The lowest BCUT2D eigenvalue weighted by Crippen LogP contribution is -2.36. The van der Waals surface area contributed by atoms with Crippen LogP contribution in [0.15, 0.2) is 0 Å². The van der Waals surface area contributed by atoms with Gasteiger partial charge in [0.2, 0.25) is 0 Å². The summed E-state index contributed by atoms with van der Waals surface area (Å²) < 4.78 is 14.3. The van der Waals surface area contributed by atoms with E-state index in [1.807, 2.05) is 0 Å². The lowest BCUT2D eigenvalue weighted by Gasteiger charge is -2.43. The van der Waals surface area contributed by atoms with Gasteiger partial charge in [-0.3, -0.25) is 0 Å². The maximum atomic E-state index is 14.3. The van der Waals surface area contributed by atoms with E-state index in [0.29, 0.717) is 11.8 Å². The topological polar surface area (TPSA) is 12.0 Å². The second-order valence-corrected chi connectivity index (χ2v) is 8.49. The summed E-state index contributed by atoms with van der Waals surface area (Å²) in [5, 5.41) is 3.42. The predicted molar refractivity (Wildman–Crippen MR) is 91.7 cm³/mol. The summed E-state index contributed by atoms with van der Waals surface area (Å²) in [6.07, 6.45) is 15.2. The zero-order valence-corrected chi connectivity index (χ0v) is 14.5. The van der Waals surface area contributed by atoms with Gasteiger partial charge in [-0.15, -0.1) is 0 Å². The van der Waals surface area contributed by atoms with Crippen LogP contribution in [0.2, 0.25) is 0 Å². The lowest BCUT2D eigenvalue weighted by atomic mass is 9.63. The monoisotopic (exact) mass is 309 g/mol. The van der Waals surface area contributed by atoms with Crippen molar-refractivity contribution in [3.8, 4) is 0 Å². The Hall–Kier alpha value is -0.110. The van der Waals surface area contributed by atoms with Crippen LogP contribution in [0, 0.1) is 29.6 Å². The van der Waals surface area contributed by atoms with Gasteiger partial charge in [0, 0.05) is 0 Å². The summed E-state index contributed by atoms with van der Waals surface area (Å²) in [4.78, 5) is 0. The quantitative estimate of drug-likeness (QED) is 0.722.